The number of nitrogens with zero attached hydrogens (tertiary/aromatic N) is 7. The summed E-state index contributed by atoms with van der Waals surface area (Å²) in [6.07, 6.45) is 4.95. The Balaban J connectivity index is 0.844. The molecule has 0 aliphatic carbocycles. The standard InChI is InChI=1S/C47H54ClF5N10/c1-24-22-63(46-54-21-35(48)45(58-46)57-38-19-33-39(20-36(38)49)60(6)27(4)32-10-14-47(52,53)28(5)56-42(32)33)17-13-30(24)23-62-15-11-29(12-16-62)40-37(50)18-34-43(59-61(7)44(34)41(40)51)31-9-8-25(2)55-26(31)3/h18-21,24,28-31,55-56H,2-4,8-17,22-23H2,1,5-7H3,(H,54,57,58). The molecule has 0 bridgehead atoms. The number of fused-ring (bicyclic) bond motifs is 3. The van der Waals surface area contributed by atoms with Crippen LogP contribution in [0.15, 0.2) is 66.8 Å². The van der Waals surface area contributed by atoms with Gasteiger partial charge in [-0.3, -0.25) is 4.68 Å². The van der Waals surface area contributed by atoms with Crippen molar-refractivity contribution in [3.63, 3.8) is 0 Å². The van der Waals surface area contributed by atoms with Crippen molar-refractivity contribution in [2.75, 3.05) is 54.9 Å². The van der Waals surface area contributed by atoms with Gasteiger partial charge in [-0.25, -0.2) is 26.9 Å². The van der Waals surface area contributed by atoms with Gasteiger partial charge in [0.15, 0.2) is 11.6 Å². The lowest BCUT2D eigenvalue weighted by atomic mass is 9.84. The number of aromatic nitrogens is 4. The molecule has 4 unspecified atom stereocenters. The van der Waals surface area contributed by atoms with Crippen LogP contribution in [0.25, 0.3) is 16.6 Å². The number of hydrogen-bond acceptors (Lipinski definition) is 9. The number of halogens is 6. The first-order valence-corrected chi connectivity index (χ1v) is 22.3. The zero-order valence-electron chi connectivity index (χ0n) is 36.2. The Morgan fingerprint density at radius 1 is 0.968 bits per heavy atom. The minimum Gasteiger partial charge on any atom is -0.376 e. The second kappa shape index (κ2) is 16.4. The number of anilines is 4. The van der Waals surface area contributed by atoms with Crippen LogP contribution in [0.1, 0.15) is 87.4 Å². The molecular formula is C47H54ClF5N10. The van der Waals surface area contributed by atoms with E-state index >= 15 is 13.2 Å². The molecule has 2 aromatic heterocycles. The Morgan fingerprint density at radius 3 is 2.46 bits per heavy atom. The molecule has 0 amide bonds. The first kappa shape index (κ1) is 43.1. The van der Waals surface area contributed by atoms with Gasteiger partial charge in [0, 0.05) is 91.4 Å². The predicted octanol–water partition coefficient (Wildman–Crippen LogP) is 10.1. The highest BCUT2D eigenvalue weighted by atomic mass is 35.5. The predicted molar refractivity (Wildman–Crippen MR) is 240 cm³/mol. The Kier molecular flexibility index (Phi) is 11.3. The monoisotopic (exact) mass is 888 g/mol. The summed E-state index contributed by atoms with van der Waals surface area (Å²) in [5, 5.41) is 14.6. The van der Waals surface area contributed by atoms with Crippen LogP contribution in [0.3, 0.4) is 0 Å². The molecule has 63 heavy (non-hydrogen) atoms. The van der Waals surface area contributed by atoms with E-state index < -0.39 is 29.4 Å². The fourth-order valence-electron chi connectivity index (χ4n) is 10.4. The number of hydrogen-bond donors (Lipinski definition) is 3. The molecule has 334 valence electrons. The lowest BCUT2D eigenvalue weighted by Crippen LogP contribution is -2.45. The molecule has 16 heteroatoms. The molecule has 0 radical (unpaired) electrons. The minimum atomic E-state index is -2.93. The second-order valence-electron chi connectivity index (χ2n) is 18.2. The number of allylic oxidation sites excluding steroid dienone is 3. The van der Waals surface area contributed by atoms with Crippen LogP contribution in [0.2, 0.25) is 5.02 Å². The van der Waals surface area contributed by atoms with Crippen LogP contribution in [-0.4, -0.2) is 76.4 Å². The fraction of sp³-hybridized carbons (Fsp3) is 0.468. The lowest BCUT2D eigenvalue weighted by molar-refractivity contribution is -0.0319. The molecule has 10 nitrogen and oxygen atoms in total. The summed E-state index contributed by atoms with van der Waals surface area (Å²) < 4.78 is 79.3. The topological polar surface area (TPSA) is 89.4 Å². The largest absolute Gasteiger partial charge is 0.376 e. The Morgan fingerprint density at radius 2 is 1.73 bits per heavy atom. The second-order valence-corrected chi connectivity index (χ2v) is 18.6. The van der Waals surface area contributed by atoms with E-state index in [1.165, 1.54) is 29.9 Å². The Hall–Kier alpha value is -5.15. The Bertz CT molecular complexity index is 2560. The van der Waals surface area contributed by atoms with Gasteiger partial charge >= 0.3 is 0 Å². The lowest BCUT2D eigenvalue weighted by Gasteiger charge is -2.41. The molecule has 5 aliphatic rings. The van der Waals surface area contributed by atoms with Crippen molar-refractivity contribution in [1.82, 2.24) is 35.3 Å². The SMILES string of the molecule is C=C1CCC(c2nn(C)c3c(F)c(C4CCN(CC5CCN(c6ncc(Cl)c(Nc7cc8c(cc7F)N(C)C(=C)C7=C8NC(C)C(F)(F)CC7)n6)CC5C)CC4)c(F)cc23)C(=C)N1. The van der Waals surface area contributed by atoms with Crippen LogP contribution in [0.4, 0.5) is 45.1 Å². The summed E-state index contributed by atoms with van der Waals surface area (Å²) in [6, 6.07) is 3.31. The summed E-state index contributed by atoms with van der Waals surface area (Å²) in [5.74, 6) is -3.57. The van der Waals surface area contributed by atoms with Gasteiger partial charge in [0.1, 0.15) is 22.2 Å². The van der Waals surface area contributed by atoms with Crippen molar-refractivity contribution in [2.45, 2.75) is 82.6 Å². The maximum atomic E-state index is 16.3. The van der Waals surface area contributed by atoms with E-state index in [9.17, 15) is 8.78 Å². The number of nitrogens with one attached hydrogen (secondary N) is 3. The molecule has 2 aromatic carbocycles. The minimum absolute atomic E-state index is 0.0951. The Labute approximate surface area is 369 Å². The number of aryl methyl sites for hydroxylation is 1. The van der Waals surface area contributed by atoms with Gasteiger partial charge in [-0.15, -0.1) is 0 Å². The summed E-state index contributed by atoms with van der Waals surface area (Å²) in [6.45, 7) is 19.7. The number of likely N-dealkylation sites (N-methyl/N-ethyl adjacent to an activating group) is 1. The van der Waals surface area contributed by atoms with Crippen LogP contribution < -0.4 is 25.8 Å². The van der Waals surface area contributed by atoms with E-state index in [0.717, 1.165) is 50.3 Å². The molecule has 3 saturated heterocycles. The number of piperidine rings is 3. The van der Waals surface area contributed by atoms with Gasteiger partial charge in [0.2, 0.25) is 5.95 Å². The third kappa shape index (κ3) is 7.82. The van der Waals surface area contributed by atoms with E-state index in [1.54, 1.807) is 25.1 Å². The molecule has 0 saturated carbocycles. The van der Waals surface area contributed by atoms with Crippen LogP contribution in [-0.2, 0) is 7.05 Å². The van der Waals surface area contributed by atoms with E-state index in [1.807, 2.05) is 0 Å². The molecule has 9 rings (SSSR count). The summed E-state index contributed by atoms with van der Waals surface area (Å²) in [5.41, 5.74) is 5.65. The van der Waals surface area contributed by atoms with E-state index in [0.29, 0.717) is 82.6 Å². The quantitative estimate of drug-likeness (QED) is 0.157. The third-order valence-corrected chi connectivity index (χ3v) is 14.5. The van der Waals surface area contributed by atoms with Crippen LogP contribution in [0, 0.1) is 29.3 Å². The van der Waals surface area contributed by atoms with Crippen molar-refractivity contribution in [1.29, 1.82) is 0 Å². The smallest absolute Gasteiger partial charge is 0.267 e. The average Bonchev–Trinajstić information content (AvgIpc) is 3.50. The van der Waals surface area contributed by atoms with Crippen molar-refractivity contribution >= 4 is 51.3 Å². The van der Waals surface area contributed by atoms with E-state index in [4.69, 9.17) is 16.6 Å². The molecule has 4 aromatic rings. The molecule has 4 atom stereocenters. The number of benzene rings is 2. The van der Waals surface area contributed by atoms with Gasteiger partial charge in [0.05, 0.1) is 29.3 Å². The highest BCUT2D eigenvalue weighted by Gasteiger charge is 2.42. The van der Waals surface area contributed by atoms with Crippen molar-refractivity contribution < 1.29 is 22.0 Å². The normalized spacial score (nSPS) is 24.6. The maximum Gasteiger partial charge on any atom is 0.267 e. The highest BCUT2D eigenvalue weighted by Crippen LogP contribution is 2.46. The number of rotatable bonds is 7. The fourth-order valence-corrected chi connectivity index (χ4v) is 10.5. The van der Waals surface area contributed by atoms with Gasteiger partial charge in [0.25, 0.3) is 5.92 Å². The molecule has 3 N–H and O–H groups in total. The number of alkyl halides is 2. The average molecular weight is 889 g/mol. The molecular weight excluding hydrogens is 835 g/mol. The van der Waals surface area contributed by atoms with Crippen molar-refractivity contribution in [2.24, 2.45) is 18.9 Å². The van der Waals surface area contributed by atoms with E-state index in [2.05, 4.69) is 62.5 Å². The number of likely N-dealkylation sites (tertiary alicyclic amines) is 1. The van der Waals surface area contributed by atoms with Gasteiger partial charge in [-0.2, -0.15) is 10.1 Å². The van der Waals surface area contributed by atoms with Crippen molar-refractivity contribution in [3.8, 4) is 0 Å². The third-order valence-electron chi connectivity index (χ3n) is 14.2. The molecule has 5 aliphatic heterocycles. The zero-order chi connectivity index (χ0) is 44.6. The first-order valence-electron chi connectivity index (χ1n) is 21.9. The van der Waals surface area contributed by atoms with Crippen LogP contribution in [0.5, 0.6) is 0 Å². The molecule has 3 fully saturated rings. The maximum absolute atomic E-state index is 16.3. The highest BCUT2D eigenvalue weighted by molar-refractivity contribution is 6.33. The van der Waals surface area contributed by atoms with Gasteiger partial charge < -0.3 is 30.7 Å². The first-order chi connectivity index (χ1) is 30.0. The summed E-state index contributed by atoms with van der Waals surface area (Å²) in [4.78, 5) is 15.5. The summed E-state index contributed by atoms with van der Waals surface area (Å²) >= 11 is 6.59. The van der Waals surface area contributed by atoms with Gasteiger partial charge in [-0.05, 0) is 94.0 Å². The van der Waals surface area contributed by atoms with E-state index in [-0.39, 0.29) is 52.7 Å². The zero-order valence-corrected chi connectivity index (χ0v) is 37.0. The van der Waals surface area contributed by atoms with Crippen molar-refractivity contribution in [3.05, 3.63) is 106 Å². The van der Waals surface area contributed by atoms with Gasteiger partial charge in [-0.1, -0.05) is 38.3 Å². The molecule has 0 spiro atoms. The van der Waals surface area contributed by atoms with Crippen LogP contribution >= 0.6 is 11.6 Å². The molecule has 7 heterocycles. The summed E-state index contributed by atoms with van der Waals surface area (Å²) in [7, 11) is 3.46.